The highest BCUT2D eigenvalue weighted by molar-refractivity contribution is 7.22. The van der Waals surface area contributed by atoms with Crippen molar-refractivity contribution in [3.05, 3.63) is 47.5 Å². The predicted molar refractivity (Wildman–Crippen MR) is 119 cm³/mol. The summed E-state index contributed by atoms with van der Waals surface area (Å²) in [6, 6.07) is 6.94. The van der Waals surface area contributed by atoms with Crippen molar-refractivity contribution in [3.63, 3.8) is 0 Å². The molecule has 0 unspecified atom stereocenters. The minimum absolute atomic E-state index is 0. The molecule has 6 nitrogen and oxygen atoms in total. The van der Waals surface area contributed by atoms with Gasteiger partial charge in [0, 0.05) is 25.2 Å². The molecule has 0 radical (unpaired) electrons. The Morgan fingerprint density at radius 2 is 1.74 bits per heavy atom. The molecule has 0 bridgehead atoms. The fourth-order valence-electron chi connectivity index (χ4n) is 3.32. The van der Waals surface area contributed by atoms with Crippen LogP contribution in [0.5, 0.6) is 11.5 Å². The third-order valence-corrected chi connectivity index (χ3v) is 6.10. The highest BCUT2D eigenvalue weighted by Gasteiger charge is 2.27. The molecule has 4 rings (SSSR count). The number of amides is 1. The average Bonchev–Trinajstić information content (AvgIpc) is 3.34. The molecule has 166 valence electrons. The first-order chi connectivity index (χ1) is 14.5. The molecule has 0 spiro atoms. The van der Waals surface area contributed by atoms with Crippen LogP contribution < -0.4 is 14.4 Å². The smallest absolute Gasteiger partial charge is 0.266 e. The largest absolute Gasteiger partial charge is 0.454 e. The SMILES string of the molecule is CCN(CC)CCN(C(=O)c1c(F)cccc1F)c1nc2cc3c(cc2s1)OCO3.Cl. The van der Waals surface area contributed by atoms with Gasteiger partial charge >= 0.3 is 0 Å². The maximum atomic E-state index is 14.3. The number of anilines is 1. The van der Waals surface area contributed by atoms with Crippen molar-refractivity contribution in [1.29, 1.82) is 0 Å². The van der Waals surface area contributed by atoms with Crippen LogP contribution in [0, 0.1) is 11.6 Å². The molecule has 1 aromatic heterocycles. The molecule has 31 heavy (non-hydrogen) atoms. The topological polar surface area (TPSA) is 54.9 Å². The Bertz CT molecular complexity index is 1030. The number of carbonyl (C=O) groups is 1. The number of benzene rings is 2. The lowest BCUT2D eigenvalue weighted by molar-refractivity contribution is 0.0975. The Balaban J connectivity index is 0.00000272. The number of hydrogen-bond acceptors (Lipinski definition) is 6. The number of hydrogen-bond donors (Lipinski definition) is 0. The molecule has 2 heterocycles. The Kier molecular flexibility index (Phi) is 7.30. The molecule has 10 heteroatoms. The molecule has 0 saturated carbocycles. The van der Waals surface area contributed by atoms with Crippen LogP contribution in [-0.4, -0.2) is 48.8 Å². The van der Waals surface area contributed by atoms with Crippen LogP contribution in [0.25, 0.3) is 10.2 Å². The van der Waals surface area contributed by atoms with E-state index in [9.17, 15) is 13.6 Å². The number of likely N-dealkylation sites (N-methyl/N-ethyl adjacent to an activating group) is 1. The number of nitrogens with zero attached hydrogens (tertiary/aromatic N) is 3. The maximum Gasteiger partial charge on any atom is 0.266 e. The second-order valence-electron chi connectivity index (χ2n) is 6.75. The summed E-state index contributed by atoms with van der Waals surface area (Å²) in [4.78, 5) is 21.2. The quantitative estimate of drug-likeness (QED) is 0.501. The predicted octanol–water partition coefficient (Wildman–Crippen LogP) is 4.71. The van der Waals surface area contributed by atoms with Gasteiger partial charge in [0.15, 0.2) is 16.6 Å². The Morgan fingerprint density at radius 3 is 2.39 bits per heavy atom. The number of fused-ring (bicyclic) bond motifs is 2. The summed E-state index contributed by atoms with van der Waals surface area (Å²) in [6.45, 7) is 6.59. The highest BCUT2D eigenvalue weighted by atomic mass is 35.5. The molecule has 0 atom stereocenters. The van der Waals surface area contributed by atoms with Crippen LogP contribution in [-0.2, 0) is 0 Å². The minimum Gasteiger partial charge on any atom is -0.454 e. The number of carbonyl (C=O) groups excluding carboxylic acids is 1. The summed E-state index contributed by atoms with van der Waals surface area (Å²) in [5.41, 5.74) is 0.0550. The van der Waals surface area contributed by atoms with Gasteiger partial charge in [0.2, 0.25) is 6.79 Å². The molecule has 2 aromatic carbocycles. The van der Waals surface area contributed by atoms with E-state index in [4.69, 9.17) is 9.47 Å². The van der Waals surface area contributed by atoms with Gasteiger partial charge in [-0.2, -0.15) is 0 Å². The van der Waals surface area contributed by atoms with Gasteiger partial charge in [-0.25, -0.2) is 13.8 Å². The van der Waals surface area contributed by atoms with Gasteiger partial charge in [-0.15, -0.1) is 12.4 Å². The van der Waals surface area contributed by atoms with E-state index < -0.39 is 23.1 Å². The summed E-state index contributed by atoms with van der Waals surface area (Å²) in [7, 11) is 0. The molecule has 0 saturated heterocycles. The average molecular weight is 470 g/mol. The molecular formula is C21H22ClF2N3O3S. The van der Waals surface area contributed by atoms with Gasteiger partial charge in [0.1, 0.15) is 17.2 Å². The van der Waals surface area contributed by atoms with Crippen molar-refractivity contribution in [2.24, 2.45) is 0 Å². The Labute approximate surface area is 188 Å². The van der Waals surface area contributed by atoms with E-state index in [2.05, 4.69) is 9.88 Å². The first kappa shape index (κ1) is 23.2. The van der Waals surface area contributed by atoms with Gasteiger partial charge in [0.25, 0.3) is 5.91 Å². The lowest BCUT2D eigenvalue weighted by atomic mass is 10.1. The Morgan fingerprint density at radius 1 is 1.10 bits per heavy atom. The molecule has 0 N–H and O–H groups in total. The summed E-state index contributed by atoms with van der Waals surface area (Å²) in [5.74, 6) is -1.35. The van der Waals surface area contributed by atoms with Gasteiger partial charge in [-0.1, -0.05) is 31.3 Å². The fraction of sp³-hybridized carbons (Fsp3) is 0.333. The molecular weight excluding hydrogens is 448 g/mol. The summed E-state index contributed by atoms with van der Waals surface area (Å²) in [6.07, 6.45) is 0. The molecule has 3 aromatic rings. The second kappa shape index (κ2) is 9.76. The van der Waals surface area contributed by atoms with Crippen molar-refractivity contribution in [2.45, 2.75) is 13.8 Å². The number of aromatic nitrogens is 1. The van der Waals surface area contributed by atoms with E-state index in [0.717, 1.165) is 29.9 Å². The molecule has 1 aliphatic rings. The van der Waals surface area contributed by atoms with Crippen molar-refractivity contribution >= 4 is 45.0 Å². The number of ether oxygens (including phenoxy) is 2. The van der Waals surface area contributed by atoms with Crippen molar-refractivity contribution in [2.75, 3.05) is 37.9 Å². The zero-order valence-electron chi connectivity index (χ0n) is 17.1. The van der Waals surface area contributed by atoms with Crippen LogP contribution in [0.2, 0.25) is 0 Å². The van der Waals surface area contributed by atoms with Crippen LogP contribution >= 0.6 is 23.7 Å². The van der Waals surface area contributed by atoms with Gasteiger partial charge in [0.05, 0.1) is 10.2 Å². The van der Waals surface area contributed by atoms with Crippen LogP contribution in [0.15, 0.2) is 30.3 Å². The molecule has 1 aliphatic heterocycles. The highest BCUT2D eigenvalue weighted by Crippen LogP contribution is 2.40. The molecule has 0 fully saturated rings. The first-order valence-electron chi connectivity index (χ1n) is 9.70. The van der Waals surface area contributed by atoms with Crippen LogP contribution in [0.1, 0.15) is 24.2 Å². The monoisotopic (exact) mass is 469 g/mol. The third kappa shape index (κ3) is 4.58. The van der Waals surface area contributed by atoms with E-state index in [0.29, 0.717) is 28.7 Å². The van der Waals surface area contributed by atoms with E-state index in [1.807, 2.05) is 13.8 Å². The Hall–Kier alpha value is -2.49. The first-order valence-corrected chi connectivity index (χ1v) is 10.5. The van der Waals surface area contributed by atoms with Crippen molar-refractivity contribution < 1.29 is 23.0 Å². The van der Waals surface area contributed by atoms with Crippen LogP contribution in [0.3, 0.4) is 0 Å². The van der Waals surface area contributed by atoms with E-state index in [-0.39, 0.29) is 25.7 Å². The fourth-order valence-corrected chi connectivity index (χ4v) is 4.32. The number of thiazole rings is 1. The second-order valence-corrected chi connectivity index (χ2v) is 7.76. The summed E-state index contributed by atoms with van der Waals surface area (Å²) in [5, 5.41) is 0.369. The van der Waals surface area contributed by atoms with Gasteiger partial charge < -0.3 is 14.4 Å². The van der Waals surface area contributed by atoms with Gasteiger partial charge in [-0.05, 0) is 25.2 Å². The molecule has 0 aliphatic carbocycles. The normalized spacial score (nSPS) is 12.3. The van der Waals surface area contributed by atoms with Crippen molar-refractivity contribution in [1.82, 2.24) is 9.88 Å². The summed E-state index contributed by atoms with van der Waals surface area (Å²) < 4.78 is 40.2. The minimum atomic E-state index is -0.894. The van der Waals surface area contributed by atoms with E-state index >= 15 is 0 Å². The lowest BCUT2D eigenvalue weighted by Gasteiger charge is -2.25. The zero-order valence-corrected chi connectivity index (χ0v) is 18.7. The summed E-state index contributed by atoms with van der Waals surface area (Å²) >= 11 is 1.27. The van der Waals surface area contributed by atoms with Crippen molar-refractivity contribution in [3.8, 4) is 11.5 Å². The third-order valence-electron chi connectivity index (χ3n) is 5.06. The molecule has 1 amide bonds. The zero-order chi connectivity index (χ0) is 21.3. The standard InChI is InChI=1S/C21H21F2N3O3S.ClH/c1-3-25(4-2)8-9-26(20(27)19-13(22)6-5-7-14(19)23)21-24-15-10-16-17(29-12-28-16)11-18(15)30-21;/h5-7,10-11H,3-4,8-9,12H2,1-2H3;1H. The van der Waals surface area contributed by atoms with E-state index in [1.54, 1.807) is 12.1 Å². The number of rotatable bonds is 7. The maximum absolute atomic E-state index is 14.3. The van der Waals surface area contributed by atoms with Gasteiger partial charge in [-0.3, -0.25) is 9.69 Å². The van der Waals surface area contributed by atoms with Crippen LogP contribution in [0.4, 0.5) is 13.9 Å². The van der Waals surface area contributed by atoms with E-state index in [1.165, 1.54) is 22.3 Å². The number of halogens is 3. The lowest BCUT2D eigenvalue weighted by Crippen LogP contribution is -2.39.